The van der Waals surface area contributed by atoms with E-state index in [-0.39, 0.29) is 30.0 Å². The third kappa shape index (κ3) is 4.56. The summed E-state index contributed by atoms with van der Waals surface area (Å²) in [4.78, 5) is 12.6. The molecule has 0 saturated carbocycles. The Bertz CT molecular complexity index is 929. The molecule has 0 bridgehead atoms. The van der Waals surface area contributed by atoms with Crippen molar-refractivity contribution in [1.82, 2.24) is 0 Å². The van der Waals surface area contributed by atoms with Crippen molar-refractivity contribution in [2.24, 2.45) is 0 Å². The normalized spacial score (nSPS) is 10.9. The van der Waals surface area contributed by atoms with Crippen molar-refractivity contribution in [3.05, 3.63) is 83.1 Å². The lowest BCUT2D eigenvalue weighted by molar-refractivity contribution is 0.0992. The monoisotopic (exact) mass is 367 g/mol. The fourth-order valence-corrected chi connectivity index (χ4v) is 2.78. The Morgan fingerprint density at radius 2 is 1.85 bits per heavy atom. The molecule has 2 aromatic carbocycles. The summed E-state index contributed by atoms with van der Waals surface area (Å²) in [6.07, 6.45) is 0. The van der Waals surface area contributed by atoms with Gasteiger partial charge in [-0.3, -0.25) is 4.79 Å². The summed E-state index contributed by atoms with van der Waals surface area (Å²) in [6.45, 7) is 6.29. The van der Waals surface area contributed by atoms with E-state index in [0.717, 1.165) is 16.8 Å². The van der Waals surface area contributed by atoms with E-state index in [1.807, 2.05) is 25.1 Å². The van der Waals surface area contributed by atoms with E-state index in [1.54, 1.807) is 12.1 Å². The zero-order valence-electron chi connectivity index (χ0n) is 15.6. The predicted octanol–water partition coefficient (Wildman–Crippen LogP) is 5.68. The Hall–Kier alpha value is -3.08. The minimum atomic E-state index is -0.323. The van der Waals surface area contributed by atoms with Crippen LogP contribution >= 0.6 is 0 Å². The van der Waals surface area contributed by atoms with Crippen LogP contribution in [0.1, 0.15) is 47.2 Å². The Labute approximate surface area is 158 Å². The number of carbonyl (C=O) groups is 1. The molecular weight excluding hydrogens is 345 g/mol. The molecule has 1 amide bonds. The smallest absolute Gasteiger partial charge is 0.291 e. The molecule has 1 aromatic heterocycles. The first-order chi connectivity index (χ1) is 12.9. The highest BCUT2D eigenvalue weighted by Gasteiger charge is 2.16. The first-order valence-corrected chi connectivity index (χ1v) is 8.82. The number of nitrogens with one attached hydrogen (secondary N) is 1. The molecule has 0 aliphatic rings. The van der Waals surface area contributed by atoms with Gasteiger partial charge in [-0.15, -0.1) is 0 Å². The summed E-state index contributed by atoms with van der Waals surface area (Å²) >= 11 is 0. The highest BCUT2D eigenvalue weighted by Crippen LogP contribution is 2.28. The maximum Gasteiger partial charge on any atom is 0.291 e. The van der Waals surface area contributed by atoms with Crippen LogP contribution in [0.4, 0.5) is 10.1 Å². The highest BCUT2D eigenvalue weighted by molar-refractivity contribution is 6.03. The number of amides is 1. The lowest BCUT2D eigenvalue weighted by Crippen LogP contribution is -2.14. The third-order valence-electron chi connectivity index (χ3n) is 4.25. The van der Waals surface area contributed by atoms with E-state index in [4.69, 9.17) is 9.15 Å². The Morgan fingerprint density at radius 3 is 2.56 bits per heavy atom. The van der Waals surface area contributed by atoms with Crippen LogP contribution in [0.2, 0.25) is 0 Å². The zero-order valence-corrected chi connectivity index (χ0v) is 15.6. The van der Waals surface area contributed by atoms with Crippen LogP contribution in [0.5, 0.6) is 5.75 Å². The summed E-state index contributed by atoms with van der Waals surface area (Å²) in [5.74, 6) is 0.913. The lowest BCUT2D eigenvalue weighted by atomic mass is 9.98. The number of anilines is 1. The molecular formula is C22H22FNO3. The molecule has 3 rings (SSSR count). The maximum absolute atomic E-state index is 12.9. The molecule has 1 heterocycles. The second-order valence-electron chi connectivity index (χ2n) is 6.66. The number of hydrogen-bond donors (Lipinski definition) is 1. The average Bonchev–Trinajstić information content (AvgIpc) is 3.12. The van der Waals surface area contributed by atoms with Gasteiger partial charge in [-0.1, -0.05) is 32.0 Å². The second-order valence-corrected chi connectivity index (χ2v) is 6.66. The zero-order chi connectivity index (χ0) is 19.4. The molecule has 27 heavy (non-hydrogen) atoms. The Morgan fingerprint density at radius 1 is 1.11 bits per heavy atom. The largest absolute Gasteiger partial charge is 0.486 e. The fraction of sp³-hybridized carbons (Fsp3) is 0.227. The van der Waals surface area contributed by atoms with Gasteiger partial charge in [0.2, 0.25) is 0 Å². The van der Waals surface area contributed by atoms with Crippen molar-refractivity contribution in [1.29, 1.82) is 0 Å². The Kier molecular flexibility index (Phi) is 5.60. The van der Waals surface area contributed by atoms with E-state index in [0.29, 0.717) is 11.5 Å². The van der Waals surface area contributed by atoms with Crippen molar-refractivity contribution in [3.8, 4) is 5.75 Å². The SMILES string of the molecule is Cc1cccc(C(C)C)c1NC(=O)c1ccc(COc2ccc(F)cc2)o1. The molecule has 0 saturated heterocycles. The topological polar surface area (TPSA) is 51.5 Å². The second kappa shape index (κ2) is 8.08. The molecule has 3 aromatic rings. The van der Waals surface area contributed by atoms with E-state index in [1.165, 1.54) is 24.3 Å². The van der Waals surface area contributed by atoms with Crippen LogP contribution in [0.25, 0.3) is 0 Å². The van der Waals surface area contributed by atoms with Gasteiger partial charge in [-0.25, -0.2) is 4.39 Å². The minimum absolute atomic E-state index is 0.153. The van der Waals surface area contributed by atoms with Gasteiger partial charge < -0.3 is 14.5 Å². The maximum atomic E-state index is 12.9. The highest BCUT2D eigenvalue weighted by atomic mass is 19.1. The molecule has 0 aliphatic carbocycles. The van der Waals surface area contributed by atoms with E-state index >= 15 is 0 Å². The van der Waals surface area contributed by atoms with Gasteiger partial charge in [-0.2, -0.15) is 0 Å². The summed E-state index contributed by atoms with van der Waals surface area (Å²) in [6, 6.07) is 15.0. The molecule has 0 radical (unpaired) electrons. The van der Waals surface area contributed by atoms with Gasteiger partial charge in [-0.05, 0) is 60.4 Å². The van der Waals surface area contributed by atoms with Gasteiger partial charge in [0.15, 0.2) is 5.76 Å². The predicted molar refractivity (Wildman–Crippen MR) is 103 cm³/mol. The van der Waals surface area contributed by atoms with Crippen molar-refractivity contribution >= 4 is 11.6 Å². The number of hydrogen-bond acceptors (Lipinski definition) is 3. The molecule has 140 valence electrons. The van der Waals surface area contributed by atoms with Gasteiger partial charge >= 0.3 is 0 Å². The molecule has 5 heteroatoms. The fourth-order valence-electron chi connectivity index (χ4n) is 2.78. The van der Waals surface area contributed by atoms with Gasteiger partial charge in [0.25, 0.3) is 5.91 Å². The molecule has 0 aliphatic heterocycles. The third-order valence-corrected chi connectivity index (χ3v) is 4.25. The summed E-state index contributed by atoms with van der Waals surface area (Å²) in [7, 11) is 0. The number of furan rings is 1. The quantitative estimate of drug-likeness (QED) is 0.610. The van der Waals surface area contributed by atoms with Gasteiger partial charge in [0, 0.05) is 5.69 Å². The summed E-state index contributed by atoms with van der Waals surface area (Å²) < 4.78 is 24.0. The lowest BCUT2D eigenvalue weighted by Gasteiger charge is -2.15. The number of halogens is 1. The van der Waals surface area contributed by atoms with Crippen LogP contribution in [0.3, 0.4) is 0 Å². The number of para-hydroxylation sites is 1. The number of ether oxygens (including phenoxy) is 1. The number of benzene rings is 2. The minimum Gasteiger partial charge on any atom is -0.486 e. The first kappa shape index (κ1) is 18.7. The van der Waals surface area contributed by atoms with Gasteiger partial charge in [0.1, 0.15) is 23.9 Å². The van der Waals surface area contributed by atoms with E-state index < -0.39 is 0 Å². The van der Waals surface area contributed by atoms with Crippen molar-refractivity contribution < 1.29 is 18.3 Å². The number of aryl methyl sites for hydroxylation is 1. The molecule has 0 atom stereocenters. The van der Waals surface area contributed by atoms with Crippen molar-refractivity contribution in [2.45, 2.75) is 33.3 Å². The summed E-state index contributed by atoms with van der Waals surface area (Å²) in [5, 5.41) is 2.95. The van der Waals surface area contributed by atoms with Crippen molar-refractivity contribution in [2.75, 3.05) is 5.32 Å². The van der Waals surface area contributed by atoms with Crippen LogP contribution in [0, 0.1) is 12.7 Å². The molecule has 0 spiro atoms. The Balaban J connectivity index is 1.68. The standard InChI is InChI=1S/C22H22FNO3/c1-14(2)19-6-4-5-15(3)21(19)24-22(25)20-12-11-18(27-20)13-26-17-9-7-16(23)8-10-17/h4-12,14H,13H2,1-3H3,(H,24,25). The van der Waals surface area contributed by atoms with Crippen LogP contribution in [-0.2, 0) is 6.61 Å². The summed E-state index contributed by atoms with van der Waals surface area (Å²) in [5.41, 5.74) is 2.90. The van der Waals surface area contributed by atoms with Crippen LogP contribution in [-0.4, -0.2) is 5.91 Å². The number of carbonyl (C=O) groups excluding carboxylic acids is 1. The van der Waals surface area contributed by atoms with E-state index in [2.05, 4.69) is 19.2 Å². The number of rotatable bonds is 6. The van der Waals surface area contributed by atoms with Crippen LogP contribution < -0.4 is 10.1 Å². The van der Waals surface area contributed by atoms with Gasteiger partial charge in [0.05, 0.1) is 0 Å². The molecule has 4 nitrogen and oxygen atoms in total. The van der Waals surface area contributed by atoms with Crippen LogP contribution in [0.15, 0.2) is 59.0 Å². The molecule has 0 fully saturated rings. The first-order valence-electron chi connectivity index (χ1n) is 8.82. The average molecular weight is 367 g/mol. The van der Waals surface area contributed by atoms with Crippen molar-refractivity contribution in [3.63, 3.8) is 0 Å². The molecule has 0 unspecified atom stereocenters. The van der Waals surface area contributed by atoms with E-state index in [9.17, 15) is 9.18 Å². The molecule has 1 N–H and O–H groups in total.